The van der Waals surface area contributed by atoms with Crippen molar-refractivity contribution in [2.75, 3.05) is 11.5 Å². The molecule has 6 heteroatoms. The number of rotatable bonds is 1. The average Bonchev–Trinajstić information content (AvgIpc) is 2.69. The SMILES string of the molecule is FC(F)C1=NN=C2C1=C1CC1C21SCCS1. The molecule has 2 fully saturated rings. The summed E-state index contributed by atoms with van der Waals surface area (Å²) in [5, 5.41) is 7.73. The number of hydrogen-bond acceptors (Lipinski definition) is 4. The molecule has 4 rings (SSSR count). The molecule has 0 amide bonds. The summed E-state index contributed by atoms with van der Waals surface area (Å²) in [4.78, 5) is 0. The molecule has 2 nitrogen and oxygen atoms in total. The maximum absolute atomic E-state index is 12.8. The fourth-order valence-corrected chi connectivity index (χ4v) is 6.29. The second-order valence-electron chi connectivity index (χ2n) is 4.26. The van der Waals surface area contributed by atoms with Crippen LogP contribution < -0.4 is 0 Å². The molecule has 0 N–H and O–H groups in total. The van der Waals surface area contributed by atoms with Gasteiger partial charge in [0.2, 0.25) is 0 Å². The van der Waals surface area contributed by atoms with Crippen molar-refractivity contribution >= 4 is 34.9 Å². The van der Waals surface area contributed by atoms with Crippen LogP contribution in [0.5, 0.6) is 0 Å². The highest BCUT2D eigenvalue weighted by atomic mass is 32.2. The van der Waals surface area contributed by atoms with E-state index in [1.165, 1.54) is 5.57 Å². The zero-order valence-corrected chi connectivity index (χ0v) is 9.88. The van der Waals surface area contributed by atoms with Crippen LogP contribution in [0.1, 0.15) is 6.42 Å². The van der Waals surface area contributed by atoms with E-state index >= 15 is 0 Å². The molecule has 0 aromatic carbocycles. The highest BCUT2D eigenvalue weighted by Gasteiger charge is 2.64. The molecule has 0 aromatic rings. The minimum absolute atomic E-state index is 0.0508. The van der Waals surface area contributed by atoms with Crippen molar-refractivity contribution in [3.63, 3.8) is 0 Å². The van der Waals surface area contributed by atoms with E-state index in [0.29, 0.717) is 11.5 Å². The molecule has 4 aliphatic rings. The lowest BCUT2D eigenvalue weighted by Gasteiger charge is -2.23. The first kappa shape index (κ1) is 9.65. The molecule has 0 radical (unpaired) electrons. The second kappa shape index (κ2) is 2.90. The Morgan fingerprint density at radius 3 is 2.69 bits per heavy atom. The van der Waals surface area contributed by atoms with Gasteiger partial charge in [-0.1, -0.05) is 5.57 Å². The van der Waals surface area contributed by atoms with Gasteiger partial charge in [-0.05, 0) is 6.42 Å². The third-order valence-corrected chi connectivity index (χ3v) is 7.06. The molecular weight excluding hydrogens is 250 g/mol. The summed E-state index contributed by atoms with van der Waals surface area (Å²) in [6.45, 7) is 0. The highest BCUT2D eigenvalue weighted by Crippen LogP contribution is 2.68. The van der Waals surface area contributed by atoms with E-state index in [4.69, 9.17) is 0 Å². The number of fused-ring (bicyclic) bond motifs is 4. The normalized spacial score (nSPS) is 33.3. The predicted octanol–water partition coefficient (Wildman–Crippen LogP) is 2.57. The number of allylic oxidation sites excluding steroid dienone is 2. The van der Waals surface area contributed by atoms with Crippen LogP contribution >= 0.6 is 23.5 Å². The average molecular weight is 258 g/mol. The first-order chi connectivity index (χ1) is 7.74. The molecule has 2 heterocycles. The van der Waals surface area contributed by atoms with Gasteiger partial charge in [0.25, 0.3) is 6.43 Å². The van der Waals surface area contributed by atoms with E-state index < -0.39 is 6.43 Å². The minimum atomic E-state index is -2.49. The third kappa shape index (κ3) is 0.960. The summed E-state index contributed by atoms with van der Waals surface area (Å²) in [6, 6.07) is 0. The molecule has 0 bridgehead atoms. The van der Waals surface area contributed by atoms with E-state index in [1.807, 2.05) is 23.5 Å². The molecule has 1 saturated carbocycles. The topological polar surface area (TPSA) is 24.7 Å². The molecule has 2 aliphatic carbocycles. The maximum atomic E-state index is 12.8. The van der Waals surface area contributed by atoms with Crippen molar-refractivity contribution in [3.8, 4) is 0 Å². The first-order valence-corrected chi connectivity index (χ1v) is 7.17. The minimum Gasteiger partial charge on any atom is -0.203 e. The van der Waals surface area contributed by atoms with Crippen LogP contribution in [0.3, 0.4) is 0 Å². The number of halogens is 2. The Morgan fingerprint density at radius 1 is 1.25 bits per heavy atom. The van der Waals surface area contributed by atoms with Gasteiger partial charge in [0.15, 0.2) is 0 Å². The molecule has 1 saturated heterocycles. The first-order valence-electron chi connectivity index (χ1n) is 5.20. The number of alkyl halides is 2. The Morgan fingerprint density at radius 2 is 2.00 bits per heavy atom. The predicted molar refractivity (Wildman–Crippen MR) is 63.7 cm³/mol. The molecule has 2 aliphatic heterocycles. The van der Waals surface area contributed by atoms with Crippen molar-refractivity contribution in [2.24, 2.45) is 16.1 Å². The zero-order valence-electron chi connectivity index (χ0n) is 8.24. The van der Waals surface area contributed by atoms with Gasteiger partial charge in [-0.15, -0.1) is 28.6 Å². The van der Waals surface area contributed by atoms with Gasteiger partial charge >= 0.3 is 0 Å². The Bertz CT molecular complexity index is 475. The standard InChI is InChI=1S/C10H8F2N2S2/c11-9(12)7-6-4-3-5(4)10(8(6)14-13-7)15-1-2-16-10/h5,9H,1-3H2. The fraction of sp³-hybridized carbons (Fsp3) is 0.600. The van der Waals surface area contributed by atoms with Crippen LogP contribution in [0.15, 0.2) is 21.3 Å². The van der Waals surface area contributed by atoms with Crippen molar-refractivity contribution in [1.82, 2.24) is 0 Å². The van der Waals surface area contributed by atoms with Crippen molar-refractivity contribution < 1.29 is 8.78 Å². The van der Waals surface area contributed by atoms with Crippen LogP contribution in [0.25, 0.3) is 0 Å². The lowest BCUT2D eigenvalue weighted by molar-refractivity contribution is 0.226. The Hall–Kier alpha value is -0.360. The Balaban J connectivity index is 1.81. The molecule has 0 aromatic heterocycles. The largest absolute Gasteiger partial charge is 0.282 e. The molecule has 16 heavy (non-hydrogen) atoms. The summed E-state index contributed by atoms with van der Waals surface area (Å²) in [6.07, 6.45) is -1.52. The van der Waals surface area contributed by atoms with Crippen molar-refractivity contribution in [1.29, 1.82) is 0 Å². The molecule has 1 atom stereocenters. The van der Waals surface area contributed by atoms with Gasteiger partial charge in [0.05, 0.1) is 5.71 Å². The van der Waals surface area contributed by atoms with Gasteiger partial charge in [-0.25, -0.2) is 8.78 Å². The summed E-state index contributed by atoms with van der Waals surface area (Å²) >= 11 is 3.73. The monoisotopic (exact) mass is 258 g/mol. The zero-order chi connectivity index (χ0) is 10.9. The lowest BCUT2D eigenvalue weighted by atomic mass is 10.1. The Kier molecular flexibility index (Phi) is 1.75. The van der Waals surface area contributed by atoms with E-state index in [-0.39, 0.29) is 9.79 Å². The van der Waals surface area contributed by atoms with Crippen LogP contribution in [-0.4, -0.2) is 33.4 Å². The summed E-state index contributed by atoms with van der Waals surface area (Å²) in [5.74, 6) is 2.64. The number of nitrogens with zero attached hydrogens (tertiary/aromatic N) is 2. The molecule has 1 spiro atoms. The van der Waals surface area contributed by atoms with Gasteiger partial charge in [0.1, 0.15) is 9.79 Å². The van der Waals surface area contributed by atoms with Gasteiger partial charge in [-0.3, -0.25) is 0 Å². The van der Waals surface area contributed by atoms with E-state index in [9.17, 15) is 8.78 Å². The number of thioether (sulfide) groups is 2. The summed E-state index contributed by atoms with van der Waals surface area (Å²) < 4.78 is 25.5. The van der Waals surface area contributed by atoms with Crippen molar-refractivity contribution in [3.05, 3.63) is 11.1 Å². The fourth-order valence-electron chi connectivity index (χ4n) is 2.77. The quantitative estimate of drug-likeness (QED) is 0.722. The Labute approximate surface area is 99.6 Å². The van der Waals surface area contributed by atoms with Gasteiger partial charge in [-0.2, -0.15) is 5.10 Å². The van der Waals surface area contributed by atoms with Crippen LogP contribution in [0.4, 0.5) is 8.78 Å². The van der Waals surface area contributed by atoms with E-state index in [1.54, 1.807) is 0 Å². The van der Waals surface area contributed by atoms with E-state index in [0.717, 1.165) is 23.6 Å². The third-order valence-electron chi connectivity index (χ3n) is 3.47. The summed E-state index contributed by atoms with van der Waals surface area (Å²) in [5.41, 5.74) is 2.64. The lowest BCUT2D eigenvalue weighted by Crippen LogP contribution is -2.30. The highest BCUT2D eigenvalue weighted by molar-refractivity contribution is 8.22. The van der Waals surface area contributed by atoms with Gasteiger partial charge in [0, 0.05) is 23.0 Å². The van der Waals surface area contributed by atoms with E-state index in [2.05, 4.69) is 10.2 Å². The molecule has 1 unspecified atom stereocenters. The van der Waals surface area contributed by atoms with Gasteiger partial charge < -0.3 is 0 Å². The molecule has 84 valence electrons. The number of hydrogen-bond donors (Lipinski definition) is 0. The smallest absolute Gasteiger partial charge is 0.203 e. The molecular formula is C10H8F2N2S2. The van der Waals surface area contributed by atoms with Crippen molar-refractivity contribution in [2.45, 2.75) is 16.9 Å². The van der Waals surface area contributed by atoms with Crippen LogP contribution in [-0.2, 0) is 0 Å². The van der Waals surface area contributed by atoms with Crippen LogP contribution in [0.2, 0.25) is 0 Å². The maximum Gasteiger partial charge on any atom is 0.282 e. The second-order valence-corrected chi connectivity index (χ2v) is 7.20. The summed E-state index contributed by atoms with van der Waals surface area (Å²) in [7, 11) is 0. The van der Waals surface area contributed by atoms with Crippen LogP contribution in [0, 0.1) is 5.92 Å².